The van der Waals surface area contributed by atoms with Gasteiger partial charge in [0.1, 0.15) is 17.5 Å². The Bertz CT molecular complexity index is 921. The van der Waals surface area contributed by atoms with Gasteiger partial charge in [0.15, 0.2) is 0 Å². The van der Waals surface area contributed by atoms with Gasteiger partial charge in [-0.15, -0.1) is 0 Å². The van der Waals surface area contributed by atoms with E-state index in [0.717, 1.165) is 0 Å². The third kappa shape index (κ3) is 5.62. The highest BCUT2D eigenvalue weighted by atomic mass is 32.2. The molecule has 0 bridgehead atoms. The zero-order chi connectivity index (χ0) is 20.0. The number of nitrogens with one attached hydrogen (secondary N) is 2. The van der Waals surface area contributed by atoms with Crippen molar-refractivity contribution in [2.24, 2.45) is 11.7 Å². The topological polar surface area (TPSA) is 160 Å². The molecule has 27 heavy (non-hydrogen) atoms. The van der Waals surface area contributed by atoms with Crippen LogP contribution in [0.5, 0.6) is 0 Å². The number of nitrogen functional groups attached to an aromatic ring is 1. The Kier molecular flexibility index (Phi) is 6.68. The maximum absolute atomic E-state index is 12.3. The zero-order valence-electron chi connectivity index (χ0n) is 15.2. The molecule has 144 valence electrons. The van der Waals surface area contributed by atoms with Crippen LogP contribution in [0.1, 0.15) is 25.8 Å². The fourth-order valence-electron chi connectivity index (χ4n) is 2.16. The maximum atomic E-state index is 12.3. The van der Waals surface area contributed by atoms with Crippen LogP contribution in [0.15, 0.2) is 35.4 Å². The summed E-state index contributed by atoms with van der Waals surface area (Å²) in [6.45, 7) is 4.27. The van der Waals surface area contributed by atoms with Crippen molar-refractivity contribution in [2.45, 2.75) is 31.2 Å². The summed E-state index contributed by atoms with van der Waals surface area (Å²) in [4.78, 5) is 8.10. The van der Waals surface area contributed by atoms with Gasteiger partial charge < -0.3 is 16.8 Å². The molecule has 0 spiro atoms. The van der Waals surface area contributed by atoms with Crippen LogP contribution in [-0.2, 0) is 10.0 Å². The second kappa shape index (κ2) is 8.77. The molecular weight excluding hydrogens is 366 g/mol. The minimum atomic E-state index is -3.61. The number of nitrogens with two attached hydrogens (primary N) is 2. The number of sulfonamides is 1. The molecule has 1 atom stereocenters. The van der Waals surface area contributed by atoms with Crippen LogP contribution in [0.25, 0.3) is 0 Å². The van der Waals surface area contributed by atoms with Gasteiger partial charge in [0.2, 0.25) is 16.0 Å². The van der Waals surface area contributed by atoms with E-state index in [-0.39, 0.29) is 34.8 Å². The van der Waals surface area contributed by atoms with Crippen molar-refractivity contribution in [2.75, 3.05) is 17.6 Å². The third-order valence-electron chi connectivity index (χ3n) is 3.99. The molecule has 0 saturated heterocycles. The number of benzene rings is 1. The second-order valence-electron chi connectivity index (χ2n) is 6.35. The monoisotopic (exact) mass is 389 g/mol. The van der Waals surface area contributed by atoms with Crippen molar-refractivity contribution in [3.8, 4) is 6.07 Å². The second-order valence-corrected chi connectivity index (χ2v) is 8.11. The van der Waals surface area contributed by atoms with E-state index in [1.165, 1.54) is 18.3 Å². The Balaban J connectivity index is 2.01. The highest BCUT2D eigenvalue weighted by Crippen LogP contribution is 2.18. The first kappa shape index (κ1) is 20.6. The number of nitrogens with zero attached hydrogens (tertiary/aromatic N) is 3. The predicted octanol–water partition coefficient (Wildman–Crippen LogP) is 1.33. The minimum Gasteiger partial charge on any atom is -0.382 e. The molecule has 0 aliphatic carbocycles. The summed E-state index contributed by atoms with van der Waals surface area (Å²) in [7, 11) is -3.61. The van der Waals surface area contributed by atoms with Gasteiger partial charge in [-0.25, -0.2) is 18.1 Å². The number of rotatable bonds is 8. The average molecular weight is 389 g/mol. The highest BCUT2D eigenvalue weighted by Gasteiger charge is 2.15. The summed E-state index contributed by atoms with van der Waals surface area (Å²) in [6, 6.07) is 7.95. The van der Waals surface area contributed by atoms with Gasteiger partial charge in [-0.1, -0.05) is 13.8 Å². The van der Waals surface area contributed by atoms with Gasteiger partial charge in [-0.05, 0) is 36.6 Å². The number of hydrogen-bond acceptors (Lipinski definition) is 8. The Hall–Kier alpha value is -2.74. The van der Waals surface area contributed by atoms with Crippen molar-refractivity contribution in [1.82, 2.24) is 14.7 Å². The molecule has 0 aliphatic rings. The smallest absolute Gasteiger partial charge is 0.240 e. The molecule has 0 radical (unpaired) electrons. The quantitative estimate of drug-likeness (QED) is 0.526. The fourth-order valence-corrected chi connectivity index (χ4v) is 3.21. The summed E-state index contributed by atoms with van der Waals surface area (Å²) < 4.78 is 27.2. The Morgan fingerprint density at radius 1 is 1.26 bits per heavy atom. The van der Waals surface area contributed by atoms with Crippen molar-refractivity contribution < 1.29 is 8.42 Å². The standard InChI is InChI=1S/C17H23N7O2S/c1-11(2)15(19)7-8-22-27(25,26)14-5-3-13(4-6-14)23-17-21-10-12(9-18)16(20)24-17/h3-6,10-11,15,22H,7-8,19H2,1-2H3,(H3,20,21,23,24). The Morgan fingerprint density at radius 3 is 2.48 bits per heavy atom. The summed E-state index contributed by atoms with van der Waals surface area (Å²) in [5, 5.41) is 11.7. The van der Waals surface area contributed by atoms with Gasteiger partial charge in [0, 0.05) is 18.3 Å². The van der Waals surface area contributed by atoms with Gasteiger partial charge in [0.25, 0.3) is 0 Å². The van der Waals surface area contributed by atoms with Crippen LogP contribution >= 0.6 is 0 Å². The van der Waals surface area contributed by atoms with Crippen molar-refractivity contribution in [3.63, 3.8) is 0 Å². The van der Waals surface area contributed by atoms with Crippen LogP contribution < -0.4 is 21.5 Å². The number of nitriles is 1. The van der Waals surface area contributed by atoms with E-state index >= 15 is 0 Å². The molecule has 10 heteroatoms. The highest BCUT2D eigenvalue weighted by molar-refractivity contribution is 7.89. The predicted molar refractivity (Wildman–Crippen MR) is 104 cm³/mol. The van der Waals surface area contributed by atoms with Gasteiger partial charge in [0.05, 0.1) is 11.1 Å². The third-order valence-corrected chi connectivity index (χ3v) is 5.46. The molecule has 2 rings (SSSR count). The molecule has 9 nitrogen and oxygen atoms in total. The summed E-state index contributed by atoms with van der Waals surface area (Å²) in [5.41, 5.74) is 12.3. The van der Waals surface area contributed by atoms with Crippen LogP contribution in [-0.4, -0.2) is 31.0 Å². The van der Waals surface area contributed by atoms with E-state index < -0.39 is 10.0 Å². The molecule has 0 saturated carbocycles. The van der Waals surface area contributed by atoms with E-state index in [1.807, 2.05) is 19.9 Å². The number of anilines is 3. The fraction of sp³-hybridized carbons (Fsp3) is 0.353. The van der Waals surface area contributed by atoms with E-state index in [0.29, 0.717) is 18.0 Å². The van der Waals surface area contributed by atoms with Crippen LogP contribution in [0.3, 0.4) is 0 Å². The lowest BCUT2D eigenvalue weighted by Crippen LogP contribution is -2.33. The van der Waals surface area contributed by atoms with E-state index in [1.54, 1.807) is 12.1 Å². The molecule has 0 fully saturated rings. The minimum absolute atomic E-state index is 0.0564. The SMILES string of the molecule is CC(C)C(N)CCNS(=O)(=O)c1ccc(Nc2ncc(C#N)c(N)n2)cc1. The summed E-state index contributed by atoms with van der Waals surface area (Å²) >= 11 is 0. The van der Waals surface area contributed by atoms with Gasteiger partial charge in [-0.3, -0.25) is 0 Å². The van der Waals surface area contributed by atoms with E-state index in [4.69, 9.17) is 16.7 Å². The van der Waals surface area contributed by atoms with Crippen LogP contribution in [0, 0.1) is 17.2 Å². The van der Waals surface area contributed by atoms with Gasteiger partial charge >= 0.3 is 0 Å². The Labute approximate surface area is 158 Å². The molecule has 1 aromatic carbocycles. The molecular formula is C17H23N7O2S. The molecule has 2 aromatic rings. The lowest BCUT2D eigenvalue weighted by atomic mass is 10.0. The van der Waals surface area contributed by atoms with E-state index in [2.05, 4.69) is 20.0 Å². The van der Waals surface area contributed by atoms with Crippen LogP contribution in [0.4, 0.5) is 17.5 Å². The summed E-state index contributed by atoms with van der Waals surface area (Å²) in [5.74, 6) is 0.569. The molecule has 0 amide bonds. The number of hydrogen-bond donors (Lipinski definition) is 4. The van der Waals surface area contributed by atoms with E-state index in [9.17, 15) is 8.42 Å². The maximum Gasteiger partial charge on any atom is 0.240 e. The van der Waals surface area contributed by atoms with Crippen molar-refractivity contribution in [3.05, 3.63) is 36.0 Å². The first-order valence-electron chi connectivity index (χ1n) is 8.38. The van der Waals surface area contributed by atoms with Gasteiger partial charge in [-0.2, -0.15) is 10.2 Å². The van der Waals surface area contributed by atoms with Crippen molar-refractivity contribution in [1.29, 1.82) is 5.26 Å². The molecule has 1 heterocycles. The lowest BCUT2D eigenvalue weighted by Gasteiger charge is -2.15. The average Bonchev–Trinajstić information content (AvgIpc) is 2.62. The molecule has 6 N–H and O–H groups in total. The summed E-state index contributed by atoms with van der Waals surface area (Å²) in [6.07, 6.45) is 1.88. The molecule has 1 aromatic heterocycles. The van der Waals surface area contributed by atoms with Crippen LogP contribution in [0.2, 0.25) is 0 Å². The Morgan fingerprint density at radius 2 is 1.93 bits per heavy atom. The normalized spacial score (nSPS) is 12.6. The largest absolute Gasteiger partial charge is 0.382 e. The zero-order valence-corrected chi connectivity index (χ0v) is 16.0. The molecule has 1 unspecified atom stereocenters. The lowest BCUT2D eigenvalue weighted by molar-refractivity contribution is 0.461. The first-order valence-corrected chi connectivity index (χ1v) is 9.86. The molecule has 0 aliphatic heterocycles. The number of aromatic nitrogens is 2. The first-order chi connectivity index (χ1) is 12.7. The van der Waals surface area contributed by atoms with Crippen molar-refractivity contribution >= 4 is 27.5 Å².